The monoisotopic (exact) mass is 434 g/mol. The van der Waals surface area contributed by atoms with Gasteiger partial charge in [-0.05, 0) is 74.1 Å². The summed E-state index contributed by atoms with van der Waals surface area (Å²) in [4.78, 5) is 0. The summed E-state index contributed by atoms with van der Waals surface area (Å²) in [5, 5.41) is 5.01. The van der Waals surface area contributed by atoms with E-state index in [1.54, 1.807) is 0 Å². The Labute approximate surface area is 179 Å². The van der Waals surface area contributed by atoms with Crippen LogP contribution in [0.2, 0.25) is 0 Å². The number of fused-ring (bicyclic) bond motifs is 2. The zero-order valence-electron chi connectivity index (χ0n) is 15.8. The maximum absolute atomic E-state index is 3.56. The maximum atomic E-state index is 3.56. The highest BCUT2D eigenvalue weighted by Crippen LogP contribution is 2.30. The molecule has 0 atom stereocenters. The molecule has 0 spiro atoms. The molecule has 0 fully saturated rings. The summed E-state index contributed by atoms with van der Waals surface area (Å²) in [6, 6.07) is 38.9. The first kappa shape index (κ1) is 17.9. The van der Waals surface area contributed by atoms with Crippen molar-refractivity contribution in [1.82, 2.24) is 0 Å². The zero-order valence-corrected chi connectivity index (χ0v) is 17.4. The second kappa shape index (κ2) is 7.69. The predicted molar refractivity (Wildman–Crippen MR) is 129 cm³/mol. The van der Waals surface area contributed by atoms with E-state index in [0.29, 0.717) is 0 Å². The van der Waals surface area contributed by atoms with Gasteiger partial charge in [-0.25, -0.2) is 0 Å². The second-order valence-electron chi connectivity index (χ2n) is 7.24. The zero-order chi connectivity index (χ0) is 19.6. The standard InChI is InChI=1S/C28H19Br/c29-27-15-14-24-16-20(10-11-25(24)19-27)17-28(22-7-2-1-3-8-22)26-13-12-21-6-4-5-9-23(21)18-26/h1-19H/b28-17-. The Bertz CT molecular complexity index is 1350. The molecule has 0 N–H and O–H groups in total. The van der Waals surface area contributed by atoms with E-state index in [4.69, 9.17) is 0 Å². The van der Waals surface area contributed by atoms with Crippen molar-refractivity contribution in [3.8, 4) is 0 Å². The molecule has 0 aromatic heterocycles. The molecule has 0 bridgehead atoms. The molecule has 0 unspecified atom stereocenters. The number of benzene rings is 5. The molecular formula is C28H19Br. The van der Waals surface area contributed by atoms with Gasteiger partial charge in [-0.15, -0.1) is 0 Å². The predicted octanol–water partition coefficient (Wildman–Crippen LogP) is 8.34. The van der Waals surface area contributed by atoms with E-state index in [9.17, 15) is 0 Å². The van der Waals surface area contributed by atoms with Crippen molar-refractivity contribution in [2.45, 2.75) is 0 Å². The van der Waals surface area contributed by atoms with Crippen molar-refractivity contribution in [1.29, 1.82) is 0 Å². The Morgan fingerprint density at radius 3 is 2.03 bits per heavy atom. The van der Waals surface area contributed by atoms with Crippen LogP contribution in [0.5, 0.6) is 0 Å². The highest BCUT2D eigenvalue weighted by molar-refractivity contribution is 9.10. The van der Waals surface area contributed by atoms with Crippen LogP contribution in [-0.2, 0) is 0 Å². The average molecular weight is 435 g/mol. The van der Waals surface area contributed by atoms with Gasteiger partial charge in [0, 0.05) is 4.47 Å². The molecule has 5 aromatic rings. The lowest BCUT2D eigenvalue weighted by Crippen LogP contribution is -1.89. The van der Waals surface area contributed by atoms with Gasteiger partial charge in [0.25, 0.3) is 0 Å². The molecule has 5 rings (SSSR count). The van der Waals surface area contributed by atoms with E-state index in [0.717, 1.165) is 4.47 Å². The Morgan fingerprint density at radius 1 is 0.517 bits per heavy atom. The van der Waals surface area contributed by atoms with E-state index < -0.39 is 0 Å². The lowest BCUT2D eigenvalue weighted by atomic mass is 9.93. The fourth-order valence-electron chi connectivity index (χ4n) is 3.80. The van der Waals surface area contributed by atoms with Crippen LogP contribution in [0, 0.1) is 0 Å². The van der Waals surface area contributed by atoms with Crippen molar-refractivity contribution in [3.05, 3.63) is 130 Å². The minimum atomic E-state index is 1.11. The topological polar surface area (TPSA) is 0 Å². The minimum absolute atomic E-state index is 1.11. The molecule has 0 nitrogen and oxygen atoms in total. The first-order valence-corrected chi connectivity index (χ1v) is 10.5. The molecule has 0 amide bonds. The summed E-state index contributed by atoms with van der Waals surface area (Å²) in [6.45, 7) is 0. The third-order valence-electron chi connectivity index (χ3n) is 5.28. The van der Waals surface area contributed by atoms with Crippen molar-refractivity contribution >= 4 is 49.1 Å². The minimum Gasteiger partial charge on any atom is -0.0622 e. The Kier molecular flexibility index (Phi) is 4.75. The highest BCUT2D eigenvalue weighted by Gasteiger charge is 2.07. The summed E-state index contributed by atoms with van der Waals surface area (Å²) in [5.41, 5.74) is 4.88. The molecule has 0 aliphatic carbocycles. The molecular weight excluding hydrogens is 416 g/mol. The summed E-state index contributed by atoms with van der Waals surface area (Å²) >= 11 is 3.56. The molecule has 0 aliphatic heterocycles. The summed E-state index contributed by atoms with van der Waals surface area (Å²) in [7, 11) is 0. The molecule has 5 aromatic carbocycles. The Hall–Kier alpha value is -3.16. The van der Waals surface area contributed by atoms with Gasteiger partial charge in [0.1, 0.15) is 0 Å². The molecule has 0 aliphatic rings. The molecule has 138 valence electrons. The number of hydrogen-bond acceptors (Lipinski definition) is 0. The smallest absolute Gasteiger partial charge is 0.0181 e. The van der Waals surface area contributed by atoms with Gasteiger partial charge in [-0.2, -0.15) is 0 Å². The fourth-order valence-corrected chi connectivity index (χ4v) is 4.18. The third-order valence-corrected chi connectivity index (χ3v) is 5.78. The molecule has 0 saturated carbocycles. The van der Waals surface area contributed by atoms with Crippen LogP contribution in [-0.4, -0.2) is 0 Å². The van der Waals surface area contributed by atoms with Crippen LogP contribution in [0.15, 0.2) is 114 Å². The van der Waals surface area contributed by atoms with E-state index in [1.165, 1.54) is 43.8 Å². The van der Waals surface area contributed by atoms with Crippen LogP contribution in [0.25, 0.3) is 33.2 Å². The first-order chi connectivity index (χ1) is 14.3. The van der Waals surface area contributed by atoms with Crippen molar-refractivity contribution in [2.75, 3.05) is 0 Å². The fraction of sp³-hybridized carbons (Fsp3) is 0. The lowest BCUT2D eigenvalue weighted by molar-refractivity contribution is 1.57. The lowest BCUT2D eigenvalue weighted by Gasteiger charge is -2.11. The molecule has 1 heteroatoms. The molecule has 0 radical (unpaired) electrons. The highest BCUT2D eigenvalue weighted by atomic mass is 79.9. The van der Waals surface area contributed by atoms with Gasteiger partial charge in [-0.3, -0.25) is 0 Å². The van der Waals surface area contributed by atoms with Crippen LogP contribution in [0.1, 0.15) is 16.7 Å². The van der Waals surface area contributed by atoms with Gasteiger partial charge in [0.2, 0.25) is 0 Å². The normalized spacial score (nSPS) is 11.8. The van der Waals surface area contributed by atoms with Crippen molar-refractivity contribution in [3.63, 3.8) is 0 Å². The first-order valence-electron chi connectivity index (χ1n) is 9.72. The molecule has 0 saturated heterocycles. The average Bonchev–Trinajstić information content (AvgIpc) is 2.78. The van der Waals surface area contributed by atoms with Gasteiger partial charge in [-0.1, -0.05) is 101 Å². The van der Waals surface area contributed by atoms with Crippen LogP contribution in [0.4, 0.5) is 0 Å². The SMILES string of the molecule is Brc1ccc2cc(/C=C(/c3ccccc3)c3ccc4ccccc4c3)ccc2c1. The van der Waals surface area contributed by atoms with E-state index in [2.05, 4.69) is 131 Å². The largest absolute Gasteiger partial charge is 0.0622 e. The van der Waals surface area contributed by atoms with Crippen molar-refractivity contribution < 1.29 is 0 Å². The van der Waals surface area contributed by atoms with Crippen LogP contribution >= 0.6 is 15.9 Å². The maximum Gasteiger partial charge on any atom is 0.0181 e. The van der Waals surface area contributed by atoms with E-state index in [-0.39, 0.29) is 0 Å². The van der Waals surface area contributed by atoms with Gasteiger partial charge < -0.3 is 0 Å². The number of halogens is 1. The Morgan fingerprint density at radius 2 is 1.17 bits per heavy atom. The van der Waals surface area contributed by atoms with E-state index >= 15 is 0 Å². The number of hydrogen-bond donors (Lipinski definition) is 0. The quantitative estimate of drug-likeness (QED) is 0.250. The third kappa shape index (κ3) is 3.74. The van der Waals surface area contributed by atoms with E-state index in [1.807, 2.05) is 0 Å². The van der Waals surface area contributed by atoms with Crippen LogP contribution in [0.3, 0.4) is 0 Å². The van der Waals surface area contributed by atoms with Crippen LogP contribution < -0.4 is 0 Å². The van der Waals surface area contributed by atoms with Gasteiger partial charge >= 0.3 is 0 Å². The molecule has 0 heterocycles. The second-order valence-corrected chi connectivity index (χ2v) is 8.15. The summed E-state index contributed by atoms with van der Waals surface area (Å²) in [5.74, 6) is 0. The van der Waals surface area contributed by atoms with Gasteiger partial charge in [0.05, 0.1) is 0 Å². The summed E-state index contributed by atoms with van der Waals surface area (Å²) in [6.07, 6.45) is 2.29. The summed E-state index contributed by atoms with van der Waals surface area (Å²) < 4.78 is 1.11. The van der Waals surface area contributed by atoms with Crippen molar-refractivity contribution in [2.24, 2.45) is 0 Å². The number of rotatable bonds is 3. The molecule has 29 heavy (non-hydrogen) atoms. The van der Waals surface area contributed by atoms with Gasteiger partial charge in [0.15, 0.2) is 0 Å². The Balaban J connectivity index is 1.68.